The molecule has 0 bridgehead atoms. The van der Waals surface area contributed by atoms with Crippen LogP contribution in [0.15, 0.2) is 53.7 Å². The third kappa shape index (κ3) is 3.26. The Balaban J connectivity index is 1.90. The van der Waals surface area contributed by atoms with Crippen molar-refractivity contribution in [2.45, 2.75) is 39.7 Å². The predicted octanol–water partition coefficient (Wildman–Crippen LogP) is 5.13. The zero-order valence-electron chi connectivity index (χ0n) is 16.2. The molecule has 0 unspecified atom stereocenters. The molecule has 1 atom stereocenters. The SMILES string of the molecule is Cc1ccc2c(c1)N[C@H](c1cccc([N+](=O)[O-])c1)C1=C(CC(C)(C)CC1=O)N2. The van der Waals surface area contributed by atoms with E-state index >= 15 is 0 Å². The smallest absolute Gasteiger partial charge is 0.269 e. The quantitative estimate of drug-likeness (QED) is 0.560. The third-order valence-corrected chi connectivity index (χ3v) is 5.38. The molecule has 4 rings (SSSR count). The van der Waals surface area contributed by atoms with Gasteiger partial charge in [-0.3, -0.25) is 14.9 Å². The fourth-order valence-electron chi connectivity index (χ4n) is 4.13. The lowest BCUT2D eigenvalue weighted by Gasteiger charge is -2.34. The van der Waals surface area contributed by atoms with Gasteiger partial charge in [0.1, 0.15) is 0 Å². The average molecular weight is 377 g/mol. The van der Waals surface area contributed by atoms with Gasteiger partial charge in [0.15, 0.2) is 5.78 Å². The summed E-state index contributed by atoms with van der Waals surface area (Å²) < 4.78 is 0. The molecular weight excluding hydrogens is 354 g/mol. The second-order valence-electron chi connectivity index (χ2n) is 8.44. The Kier molecular flexibility index (Phi) is 4.22. The van der Waals surface area contributed by atoms with E-state index in [0.29, 0.717) is 17.6 Å². The number of nitrogens with zero attached hydrogens (tertiary/aromatic N) is 1. The highest BCUT2D eigenvalue weighted by Gasteiger charge is 2.38. The molecule has 0 aromatic heterocycles. The second-order valence-corrected chi connectivity index (χ2v) is 8.44. The van der Waals surface area contributed by atoms with Crippen molar-refractivity contribution in [1.29, 1.82) is 0 Å². The van der Waals surface area contributed by atoms with Gasteiger partial charge in [-0.1, -0.05) is 32.0 Å². The minimum Gasteiger partial charge on any atom is -0.372 e. The first kappa shape index (κ1) is 18.2. The molecule has 0 spiro atoms. The highest BCUT2D eigenvalue weighted by molar-refractivity contribution is 6.01. The Morgan fingerprint density at radius 3 is 2.64 bits per heavy atom. The molecular formula is C22H23N3O3. The van der Waals surface area contributed by atoms with Crippen LogP contribution < -0.4 is 10.6 Å². The van der Waals surface area contributed by atoms with Gasteiger partial charge in [0.05, 0.1) is 22.3 Å². The minimum absolute atomic E-state index is 0.0201. The van der Waals surface area contributed by atoms with Crippen LogP contribution in [-0.2, 0) is 4.79 Å². The van der Waals surface area contributed by atoms with Crippen LogP contribution in [0, 0.1) is 22.5 Å². The van der Waals surface area contributed by atoms with Gasteiger partial charge in [0, 0.05) is 29.8 Å². The maximum absolute atomic E-state index is 13.1. The number of rotatable bonds is 2. The Morgan fingerprint density at radius 2 is 1.89 bits per heavy atom. The van der Waals surface area contributed by atoms with E-state index in [4.69, 9.17) is 0 Å². The number of hydrogen-bond donors (Lipinski definition) is 2. The van der Waals surface area contributed by atoms with Crippen LogP contribution in [-0.4, -0.2) is 10.7 Å². The van der Waals surface area contributed by atoms with Gasteiger partial charge in [0.2, 0.25) is 0 Å². The Morgan fingerprint density at radius 1 is 1.11 bits per heavy atom. The molecule has 1 heterocycles. The molecule has 0 saturated carbocycles. The van der Waals surface area contributed by atoms with E-state index in [-0.39, 0.29) is 16.9 Å². The lowest BCUT2D eigenvalue weighted by Crippen LogP contribution is -2.31. The maximum Gasteiger partial charge on any atom is 0.269 e. The molecule has 6 nitrogen and oxygen atoms in total. The van der Waals surface area contributed by atoms with Crippen molar-refractivity contribution in [2.24, 2.45) is 5.41 Å². The van der Waals surface area contributed by atoms with Gasteiger partial charge in [-0.25, -0.2) is 0 Å². The summed E-state index contributed by atoms with van der Waals surface area (Å²) in [5.41, 5.74) is 5.07. The number of Topliss-reactive ketones (excluding diaryl/α,β-unsaturated/α-hetero) is 1. The first-order chi connectivity index (χ1) is 13.2. The van der Waals surface area contributed by atoms with Crippen LogP contribution in [0.1, 0.15) is 43.9 Å². The van der Waals surface area contributed by atoms with Crippen LogP contribution in [0.2, 0.25) is 0 Å². The summed E-state index contributed by atoms with van der Waals surface area (Å²) in [6, 6.07) is 12.1. The van der Waals surface area contributed by atoms with Crippen LogP contribution >= 0.6 is 0 Å². The fourth-order valence-corrected chi connectivity index (χ4v) is 4.13. The van der Waals surface area contributed by atoms with Crippen LogP contribution in [0.25, 0.3) is 0 Å². The van der Waals surface area contributed by atoms with Crippen LogP contribution in [0.5, 0.6) is 0 Å². The highest BCUT2D eigenvalue weighted by Crippen LogP contribution is 2.45. The number of nitro benzene ring substituents is 1. The zero-order chi connectivity index (χ0) is 20.1. The number of nitrogens with one attached hydrogen (secondary N) is 2. The molecule has 0 fully saturated rings. The van der Waals surface area contributed by atoms with Crippen LogP contribution in [0.3, 0.4) is 0 Å². The first-order valence-electron chi connectivity index (χ1n) is 9.38. The third-order valence-electron chi connectivity index (χ3n) is 5.38. The van der Waals surface area contributed by atoms with Crippen molar-refractivity contribution in [1.82, 2.24) is 0 Å². The van der Waals surface area contributed by atoms with Gasteiger partial charge in [-0.15, -0.1) is 0 Å². The van der Waals surface area contributed by atoms with Gasteiger partial charge in [-0.05, 0) is 42.0 Å². The number of ketones is 1. The average Bonchev–Trinajstić information content (AvgIpc) is 2.77. The van der Waals surface area contributed by atoms with Crippen LogP contribution in [0.4, 0.5) is 17.1 Å². The lowest BCUT2D eigenvalue weighted by molar-refractivity contribution is -0.384. The summed E-state index contributed by atoms with van der Waals surface area (Å²) in [5.74, 6) is 0.0762. The molecule has 0 radical (unpaired) electrons. The molecule has 2 aromatic carbocycles. The van der Waals surface area contributed by atoms with Gasteiger partial charge in [0.25, 0.3) is 5.69 Å². The summed E-state index contributed by atoms with van der Waals surface area (Å²) >= 11 is 0. The summed E-state index contributed by atoms with van der Waals surface area (Å²) in [5, 5.41) is 18.2. The summed E-state index contributed by atoms with van der Waals surface area (Å²) in [6.07, 6.45) is 1.20. The molecule has 0 amide bonds. The molecule has 0 saturated heterocycles. The normalized spacial score (nSPS) is 20.4. The minimum atomic E-state index is -0.436. The maximum atomic E-state index is 13.1. The zero-order valence-corrected chi connectivity index (χ0v) is 16.2. The number of carbonyl (C=O) groups excluding carboxylic acids is 1. The van der Waals surface area contributed by atoms with Crippen molar-refractivity contribution in [3.63, 3.8) is 0 Å². The van der Waals surface area contributed by atoms with E-state index in [2.05, 4.69) is 24.5 Å². The van der Waals surface area contributed by atoms with Crippen molar-refractivity contribution in [3.8, 4) is 0 Å². The standard InChI is InChI=1S/C22H23N3O3/c1-13-7-8-16-17(9-13)24-21(14-5-4-6-15(10-14)25(27)28)20-18(23-16)11-22(2,3)12-19(20)26/h4-10,21,23-24H,11-12H2,1-3H3/t21-/m1/s1. The topological polar surface area (TPSA) is 84.3 Å². The fraction of sp³-hybridized carbons (Fsp3) is 0.318. The van der Waals surface area contributed by atoms with Crippen molar-refractivity contribution in [2.75, 3.05) is 10.6 Å². The van der Waals surface area contributed by atoms with Crippen molar-refractivity contribution < 1.29 is 9.72 Å². The number of benzene rings is 2. The molecule has 6 heteroatoms. The molecule has 2 aromatic rings. The van der Waals surface area contributed by atoms with E-state index in [9.17, 15) is 14.9 Å². The molecule has 2 N–H and O–H groups in total. The monoisotopic (exact) mass is 377 g/mol. The predicted molar refractivity (Wildman–Crippen MR) is 109 cm³/mol. The Hall–Kier alpha value is -3.15. The number of allylic oxidation sites excluding steroid dienone is 1. The van der Waals surface area contributed by atoms with E-state index in [1.165, 1.54) is 6.07 Å². The van der Waals surface area contributed by atoms with Gasteiger partial charge >= 0.3 is 0 Å². The summed E-state index contributed by atoms with van der Waals surface area (Å²) in [4.78, 5) is 24.0. The molecule has 1 aliphatic carbocycles. The first-order valence-corrected chi connectivity index (χ1v) is 9.38. The highest BCUT2D eigenvalue weighted by atomic mass is 16.6. The molecule has 2 aliphatic rings. The van der Waals surface area contributed by atoms with Crippen molar-refractivity contribution in [3.05, 3.63) is 75.0 Å². The number of fused-ring (bicyclic) bond motifs is 1. The number of anilines is 2. The number of aryl methyl sites for hydroxylation is 1. The Bertz CT molecular complexity index is 1020. The Labute approximate surface area is 163 Å². The molecule has 28 heavy (non-hydrogen) atoms. The molecule has 1 aliphatic heterocycles. The summed E-state index contributed by atoms with van der Waals surface area (Å²) in [6.45, 7) is 6.19. The van der Waals surface area contributed by atoms with E-state index in [1.54, 1.807) is 12.1 Å². The van der Waals surface area contributed by atoms with E-state index in [0.717, 1.165) is 29.1 Å². The van der Waals surface area contributed by atoms with E-state index < -0.39 is 11.0 Å². The van der Waals surface area contributed by atoms with E-state index in [1.807, 2.05) is 31.2 Å². The van der Waals surface area contributed by atoms with Gasteiger partial charge < -0.3 is 10.6 Å². The largest absolute Gasteiger partial charge is 0.372 e. The summed E-state index contributed by atoms with van der Waals surface area (Å²) in [7, 11) is 0. The van der Waals surface area contributed by atoms with Crippen molar-refractivity contribution >= 4 is 22.8 Å². The number of hydrogen-bond acceptors (Lipinski definition) is 5. The van der Waals surface area contributed by atoms with Gasteiger partial charge in [-0.2, -0.15) is 0 Å². The number of nitro groups is 1. The lowest BCUT2D eigenvalue weighted by atomic mass is 9.73. The molecule has 144 valence electrons. The second kappa shape index (κ2) is 6.48. The number of non-ortho nitro benzene ring substituents is 1. The number of carbonyl (C=O) groups is 1.